The number of ether oxygens (including phenoxy) is 1. The molecule has 1 aliphatic heterocycles. The first-order valence-corrected chi connectivity index (χ1v) is 6.05. The molecular weight excluding hydrogens is 230 g/mol. The maximum Gasteiger partial charge on any atom is 0.231 e. The number of nitrogens with one attached hydrogen (secondary N) is 1. The summed E-state index contributed by atoms with van der Waals surface area (Å²) in [5.41, 5.74) is 0.912. The Hall–Kier alpha value is -1.88. The van der Waals surface area contributed by atoms with E-state index in [0.717, 1.165) is 36.7 Å². The van der Waals surface area contributed by atoms with E-state index in [1.165, 1.54) is 0 Å². The van der Waals surface area contributed by atoms with E-state index in [0.29, 0.717) is 11.7 Å². The standard InChI is InChI=1S/C13H15N3O2/c1-17-11-4-2-3-9(7-11)12-15-13(18-16-12)10-5-6-14-8-10/h2-4,7,10,14H,5-6,8H2,1H3/t10-/m0/s1. The van der Waals surface area contributed by atoms with Gasteiger partial charge in [0, 0.05) is 12.1 Å². The van der Waals surface area contributed by atoms with Crippen LogP contribution in [0.2, 0.25) is 0 Å². The van der Waals surface area contributed by atoms with Gasteiger partial charge in [0.05, 0.1) is 13.0 Å². The van der Waals surface area contributed by atoms with E-state index in [1.54, 1.807) is 7.11 Å². The molecule has 18 heavy (non-hydrogen) atoms. The van der Waals surface area contributed by atoms with Crippen molar-refractivity contribution in [1.29, 1.82) is 0 Å². The van der Waals surface area contributed by atoms with Crippen LogP contribution in [0.5, 0.6) is 5.75 Å². The Labute approximate surface area is 105 Å². The van der Waals surface area contributed by atoms with Gasteiger partial charge < -0.3 is 14.6 Å². The lowest BCUT2D eigenvalue weighted by Crippen LogP contribution is -2.08. The van der Waals surface area contributed by atoms with Gasteiger partial charge in [0.2, 0.25) is 11.7 Å². The third-order valence-corrected chi connectivity index (χ3v) is 3.18. The molecule has 1 saturated heterocycles. The predicted octanol–water partition coefficient (Wildman–Crippen LogP) is 1.82. The van der Waals surface area contributed by atoms with Gasteiger partial charge in [-0.2, -0.15) is 4.98 Å². The van der Waals surface area contributed by atoms with E-state index < -0.39 is 0 Å². The van der Waals surface area contributed by atoms with E-state index >= 15 is 0 Å². The molecule has 1 atom stereocenters. The first-order valence-electron chi connectivity index (χ1n) is 6.05. The van der Waals surface area contributed by atoms with Crippen LogP contribution in [0.4, 0.5) is 0 Å². The second-order valence-electron chi connectivity index (χ2n) is 4.38. The molecule has 0 spiro atoms. The van der Waals surface area contributed by atoms with Gasteiger partial charge in [0.25, 0.3) is 0 Å². The van der Waals surface area contributed by atoms with Crippen LogP contribution in [0.1, 0.15) is 18.2 Å². The number of benzene rings is 1. The zero-order chi connectivity index (χ0) is 12.4. The SMILES string of the molecule is COc1cccc(-c2noc([C@H]3CCNC3)n2)c1. The van der Waals surface area contributed by atoms with Crippen LogP contribution in [-0.4, -0.2) is 30.3 Å². The first kappa shape index (κ1) is 11.2. The minimum absolute atomic E-state index is 0.344. The summed E-state index contributed by atoms with van der Waals surface area (Å²) in [4.78, 5) is 4.46. The zero-order valence-electron chi connectivity index (χ0n) is 10.2. The Morgan fingerprint density at radius 2 is 2.39 bits per heavy atom. The van der Waals surface area contributed by atoms with E-state index in [9.17, 15) is 0 Å². The lowest BCUT2D eigenvalue weighted by atomic mass is 10.1. The average molecular weight is 245 g/mol. The second kappa shape index (κ2) is 4.78. The van der Waals surface area contributed by atoms with Crippen LogP contribution in [0.25, 0.3) is 11.4 Å². The van der Waals surface area contributed by atoms with E-state index in [2.05, 4.69) is 15.5 Å². The van der Waals surface area contributed by atoms with Gasteiger partial charge in [0.15, 0.2) is 0 Å². The van der Waals surface area contributed by atoms with Crippen molar-refractivity contribution in [2.45, 2.75) is 12.3 Å². The number of rotatable bonds is 3. The summed E-state index contributed by atoms with van der Waals surface area (Å²) in [7, 11) is 1.64. The molecule has 0 saturated carbocycles. The van der Waals surface area contributed by atoms with Gasteiger partial charge in [-0.3, -0.25) is 0 Å². The molecule has 1 aliphatic rings. The van der Waals surface area contributed by atoms with Crippen LogP contribution in [0, 0.1) is 0 Å². The number of nitrogens with zero attached hydrogens (tertiary/aromatic N) is 2. The van der Waals surface area contributed by atoms with Gasteiger partial charge in [-0.25, -0.2) is 0 Å². The molecule has 2 aromatic rings. The highest BCUT2D eigenvalue weighted by atomic mass is 16.5. The summed E-state index contributed by atoms with van der Waals surface area (Å²) in [5, 5.41) is 7.33. The summed E-state index contributed by atoms with van der Waals surface area (Å²) < 4.78 is 10.5. The fourth-order valence-corrected chi connectivity index (χ4v) is 2.15. The minimum atomic E-state index is 0.344. The van der Waals surface area contributed by atoms with Gasteiger partial charge in [0.1, 0.15) is 5.75 Å². The zero-order valence-corrected chi connectivity index (χ0v) is 10.2. The third-order valence-electron chi connectivity index (χ3n) is 3.18. The predicted molar refractivity (Wildman–Crippen MR) is 66.5 cm³/mol. The van der Waals surface area contributed by atoms with Crippen molar-refractivity contribution >= 4 is 0 Å². The molecule has 2 heterocycles. The van der Waals surface area contributed by atoms with Crippen LogP contribution in [0.3, 0.4) is 0 Å². The molecule has 5 nitrogen and oxygen atoms in total. The third kappa shape index (κ3) is 2.09. The summed E-state index contributed by atoms with van der Waals surface area (Å²) in [6.07, 6.45) is 1.06. The Bertz CT molecular complexity index is 533. The highest BCUT2D eigenvalue weighted by Gasteiger charge is 2.23. The van der Waals surface area contributed by atoms with Gasteiger partial charge in [-0.05, 0) is 25.1 Å². The normalized spacial score (nSPS) is 19.1. The molecule has 0 aliphatic carbocycles. The highest BCUT2D eigenvalue weighted by molar-refractivity contribution is 5.56. The number of methoxy groups -OCH3 is 1. The van der Waals surface area contributed by atoms with Crippen LogP contribution in [0.15, 0.2) is 28.8 Å². The molecule has 0 unspecified atom stereocenters. The van der Waals surface area contributed by atoms with Gasteiger partial charge in [-0.15, -0.1) is 0 Å². The summed E-state index contributed by atoms with van der Waals surface area (Å²) in [6.45, 7) is 1.93. The molecule has 0 radical (unpaired) electrons. The minimum Gasteiger partial charge on any atom is -0.497 e. The molecule has 94 valence electrons. The topological polar surface area (TPSA) is 60.2 Å². The fourth-order valence-electron chi connectivity index (χ4n) is 2.15. The van der Waals surface area contributed by atoms with Gasteiger partial charge >= 0.3 is 0 Å². The lowest BCUT2D eigenvalue weighted by molar-refractivity contribution is 0.359. The van der Waals surface area contributed by atoms with E-state index in [4.69, 9.17) is 9.26 Å². The summed E-state index contributed by atoms with van der Waals surface area (Å²) >= 11 is 0. The van der Waals surface area contributed by atoms with E-state index in [-0.39, 0.29) is 0 Å². The number of hydrogen-bond acceptors (Lipinski definition) is 5. The van der Waals surface area contributed by atoms with Crippen molar-refractivity contribution in [2.75, 3.05) is 20.2 Å². The van der Waals surface area contributed by atoms with Crippen LogP contribution in [-0.2, 0) is 0 Å². The molecule has 1 N–H and O–H groups in total. The largest absolute Gasteiger partial charge is 0.497 e. The number of aromatic nitrogens is 2. The Kier molecular flexibility index (Phi) is 2.98. The monoisotopic (exact) mass is 245 g/mol. The van der Waals surface area contributed by atoms with Crippen LogP contribution < -0.4 is 10.1 Å². The molecule has 1 fully saturated rings. The van der Waals surface area contributed by atoms with Crippen LogP contribution >= 0.6 is 0 Å². The van der Waals surface area contributed by atoms with Crippen molar-refractivity contribution in [3.8, 4) is 17.1 Å². The van der Waals surface area contributed by atoms with E-state index in [1.807, 2.05) is 24.3 Å². The Balaban J connectivity index is 1.87. The van der Waals surface area contributed by atoms with Crippen molar-refractivity contribution in [3.63, 3.8) is 0 Å². The number of hydrogen-bond donors (Lipinski definition) is 1. The highest BCUT2D eigenvalue weighted by Crippen LogP contribution is 2.25. The molecule has 1 aromatic heterocycles. The molecule has 0 bridgehead atoms. The molecule has 5 heteroatoms. The van der Waals surface area contributed by atoms with Crippen molar-refractivity contribution < 1.29 is 9.26 Å². The molecular formula is C13H15N3O2. The quantitative estimate of drug-likeness (QED) is 0.893. The molecule has 3 rings (SSSR count). The Morgan fingerprint density at radius 1 is 1.44 bits per heavy atom. The molecule has 0 amide bonds. The first-order chi connectivity index (χ1) is 8.86. The van der Waals surface area contributed by atoms with Gasteiger partial charge in [-0.1, -0.05) is 17.3 Å². The summed E-state index contributed by atoms with van der Waals surface area (Å²) in [5.74, 6) is 2.48. The summed E-state index contributed by atoms with van der Waals surface area (Å²) in [6, 6.07) is 7.66. The second-order valence-corrected chi connectivity index (χ2v) is 4.38. The lowest BCUT2D eigenvalue weighted by Gasteiger charge is -2.00. The maximum atomic E-state index is 5.33. The fraction of sp³-hybridized carbons (Fsp3) is 0.385. The maximum absolute atomic E-state index is 5.33. The van der Waals surface area contributed by atoms with Crippen molar-refractivity contribution in [3.05, 3.63) is 30.2 Å². The van der Waals surface area contributed by atoms with Crippen molar-refractivity contribution in [1.82, 2.24) is 15.5 Å². The smallest absolute Gasteiger partial charge is 0.231 e. The average Bonchev–Trinajstić information content (AvgIpc) is 3.09. The Morgan fingerprint density at radius 3 is 3.17 bits per heavy atom. The van der Waals surface area contributed by atoms with Crippen molar-refractivity contribution in [2.24, 2.45) is 0 Å². The molecule has 1 aromatic carbocycles.